The van der Waals surface area contributed by atoms with E-state index >= 15 is 0 Å². The van der Waals surface area contributed by atoms with Crippen LogP contribution >= 0.6 is 0 Å². The minimum Gasteiger partial charge on any atom is -0.872 e. The zero-order valence-electron chi connectivity index (χ0n) is 10.6. The third-order valence-electron chi connectivity index (χ3n) is 2.21. The number of nitrogen functional groups attached to an aromatic ring is 1. The second-order valence-corrected chi connectivity index (χ2v) is 5.18. The number of aromatic carboxylic acids is 1. The van der Waals surface area contributed by atoms with E-state index in [4.69, 9.17) is 15.4 Å². The molecule has 0 saturated heterocycles. The van der Waals surface area contributed by atoms with Crippen molar-refractivity contribution in [1.82, 2.24) is 0 Å². The third kappa shape index (κ3) is 5.09. The average Bonchev–Trinajstić information content (AvgIpc) is 2.39. The van der Waals surface area contributed by atoms with Crippen LogP contribution in [0.5, 0.6) is 5.75 Å². The summed E-state index contributed by atoms with van der Waals surface area (Å²) in [5, 5.41) is 19.4. The highest BCUT2D eigenvalue weighted by molar-refractivity contribution is 7.85. The van der Waals surface area contributed by atoms with E-state index in [2.05, 4.69) is 4.98 Å². The van der Waals surface area contributed by atoms with E-state index in [9.17, 15) is 18.3 Å². The molecule has 0 fully saturated rings. The molecule has 0 aliphatic carbocycles. The Bertz CT molecular complexity index is 731. The lowest BCUT2D eigenvalue weighted by Crippen LogP contribution is -2.06. The summed E-state index contributed by atoms with van der Waals surface area (Å²) in [6.45, 7) is 0. The maximum Gasteiger partial charge on any atom is 0.335 e. The van der Waals surface area contributed by atoms with Gasteiger partial charge in [-0.2, -0.15) is 8.42 Å². The van der Waals surface area contributed by atoms with Crippen LogP contribution < -0.4 is 15.8 Å². The summed E-state index contributed by atoms with van der Waals surface area (Å²) in [7, 11) is -4.48. The van der Waals surface area contributed by atoms with Gasteiger partial charge in [0.15, 0.2) is 0 Å². The lowest BCUT2D eigenvalue weighted by molar-refractivity contribution is -0.360. The van der Waals surface area contributed by atoms with E-state index < -0.39 is 32.3 Å². The quantitative estimate of drug-likeness (QED) is 0.648. The van der Waals surface area contributed by atoms with Crippen LogP contribution in [-0.2, 0) is 10.1 Å². The molecular formula is C12H12N2O6S. The van der Waals surface area contributed by atoms with Crippen LogP contribution in [0.1, 0.15) is 10.4 Å². The number of rotatable bonds is 2. The van der Waals surface area contributed by atoms with Gasteiger partial charge in [-0.3, -0.25) is 10.3 Å². The van der Waals surface area contributed by atoms with Crippen LogP contribution in [-0.4, -0.2) is 24.0 Å². The second kappa shape index (κ2) is 6.68. The van der Waals surface area contributed by atoms with Crippen molar-refractivity contribution in [2.24, 2.45) is 0 Å². The number of carboxylic acid groups (broad SMARTS) is 1. The van der Waals surface area contributed by atoms with Gasteiger partial charge in [0.2, 0.25) is 0 Å². The van der Waals surface area contributed by atoms with Crippen molar-refractivity contribution in [3.8, 4) is 5.75 Å². The largest absolute Gasteiger partial charge is 0.872 e. The number of nitrogens with two attached hydrogens (primary N) is 1. The van der Waals surface area contributed by atoms with E-state index in [0.29, 0.717) is 11.9 Å². The Morgan fingerprint density at radius 3 is 2.29 bits per heavy atom. The molecule has 21 heavy (non-hydrogen) atoms. The first-order valence-corrected chi connectivity index (χ1v) is 6.90. The Morgan fingerprint density at radius 2 is 1.90 bits per heavy atom. The van der Waals surface area contributed by atoms with E-state index in [1.165, 1.54) is 0 Å². The third-order valence-corrected chi connectivity index (χ3v) is 3.06. The maximum absolute atomic E-state index is 10.9. The molecule has 2 aromatic rings. The van der Waals surface area contributed by atoms with E-state index in [-0.39, 0.29) is 0 Å². The molecule has 0 aliphatic rings. The molecule has 5 N–H and O–H groups in total. The van der Waals surface area contributed by atoms with E-state index in [1.807, 2.05) is 12.1 Å². The average molecular weight is 312 g/mol. The van der Waals surface area contributed by atoms with Crippen LogP contribution in [0.3, 0.4) is 0 Å². The second-order valence-electron chi connectivity index (χ2n) is 3.76. The smallest absolute Gasteiger partial charge is 0.335 e. The summed E-state index contributed by atoms with van der Waals surface area (Å²) < 4.78 is 29.7. The molecule has 0 saturated carbocycles. The molecule has 1 aromatic carbocycles. The van der Waals surface area contributed by atoms with E-state index in [1.54, 1.807) is 12.3 Å². The minimum atomic E-state index is -4.48. The Labute approximate surface area is 120 Å². The summed E-state index contributed by atoms with van der Waals surface area (Å²) in [6, 6.07) is 7.79. The van der Waals surface area contributed by atoms with Gasteiger partial charge >= 0.3 is 5.97 Å². The summed E-state index contributed by atoms with van der Waals surface area (Å²) in [5.74, 6) is -1.66. The van der Waals surface area contributed by atoms with Crippen LogP contribution in [0.2, 0.25) is 0 Å². The monoisotopic (exact) mass is 312 g/mol. The van der Waals surface area contributed by atoms with Gasteiger partial charge < -0.3 is 10.2 Å². The molecule has 0 spiro atoms. The van der Waals surface area contributed by atoms with Gasteiger partial charge in [-0.25, -0.2) is 9.78 Å². The normalized spacial score (nSPS) is 10.3. The van der Waals surface area contributed by atoms with Gasteiger partial charge in [0, 0.05) is 6.07 Å². The molecule has 1 aromatic heterocycles. The molecule has 0 bridgehead atoms. The summed E-state index contributed by atoms with van der Waals surface area (Å²) in [4.78, 5) is 12.6. The lowest BCUT2D eigenvalue weighted by Gasteiger charge is -2.09. The molecule has 0 aliphatic heterocycles. The molecule has 0 atom stereocenters. The summed E-state index contributed by atoms with van der Waals surface area (Å²) in [6.07, 6.45) is 1.79. The van der Waals surface area contributed by atoms with Crippen LogP contribution in [0.15, 0.2) is 47.5 Å². The minimum absolute atomic E-state index is 0.611. The first-order chi connectivity index (χ1) is 9.71. The lowest BCUT2D eigenvalue weighted by atomic mass is 10.2. The number of carbonyl (C=O) groups is 1. The Morgan fingerprint density at radius 1 is 1.24 bits per heavy atom. The Kier molecular flexibility index (Phi) is 5.22. The van der Waals surface area contributed by atoms with Gasteiger partial charge in [-0.05, 0) is 18.2 Å². The van der Waals surface area contributed by atoms with E-state index in [0.717, 1.165) is 12.1 Å². The fourth-order valence-corrected chi connectivity index (χ4v) is 1.75. The molecule has 0 radical (unpaired) electrons. The zero-order valence-corrected chi connectivity index (χ0v) is 11.4. The summed E-state index contributed by atoms with van der Waals surface area (Å²) in [5.41, 5.74) is 4.61. The van der Waals surface area contributed by atoms with Crippen molar-refractivity contribution < 1.29 is 33.0 Å². The van der Waals surface area contributed by atoms with Gasteiger partial charge in [-0.1, -0.05) is 17.9 Å². The predicted molar refractivity (Wildman–Crippen MR) is 70.1 cm³/mol. The molecule has 0 amide bonds. The number of benzene rings is 1. The molecular weight excluding hydrogens is 300 g/mol. The molecule has 1 heterocycles. The van der Waals surface area contributed by atoms with Crippen molar-refractivity contribution in [1.29, 1.82) is 0 Å². The Hall–Kier alpha value is -2.65. The molecule has 9 heteroatoms. The maximum atomic E-state index is 10.9. The van der Waals surface area contributed by atoms with Crippen molar-refractivity contribution >= 4 is 21.9 Å². The van der Waals surface area contributed by atoms with Crippen molar-refractivity contribution in [3.05, 3.63) is 48.2 Å². The standard InChI is InChI=1S/C7H6O6S.C5H6N2/c8-6-2-1-4(14(11,12)13)3-5(6)7(9)10;6-5-3-1-2-4-7-5/h1-3,8H,(H,9,10)(H,11,12,13);1-4H,(H2,6,7). The van der Waals surface area contributed by atoms with Crippen LogP contribution in [0.25, 0.3) is 0 Å². The number of hydrogen-bond acceptors (Lipinski definition) is 5. The van der Waals surface area contributed by atoms with Crippen molar-refractivity contribution in [2.45, 2.75) is 4.90 Å². The molecule has 2 rings (SSSR count). The zero-order chi connectivity index (χ0) is 16.0. The number of nitrogens with one attached hydrogen (secondary N) is 1. The number of aromatic nitrogens is 1. The number of anilines is 1. The molecule has 0 unspecified atom stereocenters. The summed E-state index contributed by atoms with van der Waals surface area (Å²) >= 11 is 0. The van der Waals surface area contributed by atoms with Gasteiger partial charge in [-0.15, -0.1) is 0 Å². The van der Waals surface area contributed by atoms with Crippen molar-refractivity contribution in [3.63, 3.8) is 0 Å². The fraction of sp³-hybridized carbons (Fsp3) is 0. The molecule has 112 valence electrons. The van der Waals surface area contributed by atoms with Crippen LogP contribution in [0, 0.1) is 0 Å². The first-order valence-electron chi connectivity index (χ1n) is 5.46. The highest BCUT2D eigenvalue weighted by atomic mass is 32.2. The topological polar surface area (TPSA) is 155 Å². The number of aromatic amines is 1. The van der Waals surface area contributed by atoms with Gasteiger partial charge in [0.1, 0.15) is 0 Å². The molecule has 8 nitrogen and oxygen atoms in total. The van der Waals surface area contributed by atoms with Crippen LogP contribution in [0.4, 0.5) is 5.82 Å². The fourth-order valence-electron chi connectivity index (χ4n) is 1.24. The van der Waals surface area contributed by atoms with Crippen molar-refractivity contribution in [2.75, 3.05) is 5.73 Å². The predicted octanol–water partition coefficient (Wildman–Crippen LogP) is -0.212. The highest BCUT2D eigenvalue weighted by Crippen LogP contribution is 2.18. The number of carboxylic acids is 1. The highest BCUT2D eigenvalue weighted by Gasteiger charge is 2.12. The Balaban J connectivity index is 0.000000262. The number of H-pyrrole nitrogens is 1. The van der Waals surface area contributed by atoms with Gasteiger partial charge in [0.05, 0.1) is 16.7 Å². The number of pyridine rings is 1. The first kappa shape index (κ1) is 16.4. The number of hydrogen-bond donors (Lipinski definition) is 3. The SMILES string of the molecule is Nc1cccc[nH+]1.O=C(O)c1cc(S(=O)(=O)O)ccc1[O-]. The van der Waals surface area contributed by atoms with Gasteiger partial charge in [0.25, 0.3) is 15.9 Å².